The first-order valence-electron chi connectivity index (χ1n) is 10.7. The number of ether oxygens (including phenoxy) is 1. The Hall–Kier alpha value is -2.81. The van der Waals surface area contributed by atoms with Gasteiger partial charge in [0.25, 0.3) is 0 Å². The number of nitrogens with one attached hydrogen (secondary N) is 2. The van der Waals surface area contributed by atoms with E-state index in [1.807, 2.05) is 18.3 Å². The fourth-order valence-electron chi connectivity index (χ4n) is 3.67. The summed E-state index contributed by atoms with van der Waals surface area (Å²) in [5, 5.41) is 6.41. The van der Waals surface area contributed by atoms with E-state index in [4.69, 9.17) is 4.74 Å². The minimum atomic E-state index is -4.31. The summed E-state index contributed by atoms with van der Waals surface area (Å²) in [5.41, 5.74) is 1.21. The first-order valence-corrected chi connectivity index (χ1v) is 10.7. The van der Waals surface area contributed by atoms with Crippen LogP contribution >= 0.6 is 0 Å². The van der Waals surface area contributed by atoms with Crippen molar-refractivity contribution < 1.29 is 17.9 Å². The van der Waals surface area contributed by atoms with Crippen LogP contribution in [0, 0.1) is 0 Å². The smallest absolute Gasteiger partial charge is 0.372 e. The van der Waals surface area contributed by atoms with Crippen LogP contribution in [-0.2, 0) is 23.9 Å². The molecule has 1 aliphatic rings. The molecule has 2 atom stereocenters. The lowest BCUT2D eigenvalue weighted by Crippen LogP contribution is -2.45. The molecule has 2 unspecified atom stereocenters. The zero-order chi connectivity index (χ0) is 23.1. The second-order valence-corrected chi connectivity index (χ2v) is 7.98. The number of benzene rings is 1. The summed E-state index contributed by atoms with van der Waals surface area (Å²) in [6.07, 6.45) is -1.51. The van der Waals surface area contributed by atoms with Gasteiger partial charge in [-0.15, -0.1) is 0 Å². The normalized spacial score (nSPS) is 19.7. The highest BCUT2D eigenvalue weighted by Crippen LogP contribution is 2.29. The van der Waals surface area contributed by atoms with Gasteiger partial charge < -0.3 is 20.3 Å². The molecule has 1 aromatic carbocycles. The van der Waals surface area contributed by atoms with Crippen molar-refractivity contribution in [2.75, 3.05) is 31.6 Å². The number of guanidine groups is 1. The zero-order valence-corrected chi connectivity index (χ0v) is 18.6. The van der Waals surface area contributed by atoms with Crippen molar-refractivity contribution in [2.24, 2.45) is 4.99 Å². The highest BCUT2D eigenvalue weighted by atomic mass is 19.4. The van der Waals surface area contributed by atoms with Crippen LogP contribution in [0.25, 0.3) is 0 Å². The van der Waals surface area contributed by atoms with Crippen LogP contribution in [0.1, 0.15) is 30.5 Å². The third-order valence-corrected chi connectivity index (χ3v) is 5.22. The Labute approximate surface area is 186 Å². The molecule has 3 rings (SSSR count). The van der Waals surface area contributed by atoms with E-state index in [9.17, 15) is 13.2 Å². The highest BCUT2D eigenvalue weighted by molar-refractivity contribution is 5.79. The molecule has 2 N–H and O–H groups in total. The number of anilines is 1. The Morgan fingerprint density at radius 3 is 2.28 bits per heavy atom. The van der Waals surface area contributed by atoms with Crippen molar-refractivity contribution in [3.63, 3.8) is 0 Å². The van der Waals surface area contributed by atoms with E-state index in [2.05, 4.69) is 39.4 Å². The predicted octanol–water partition coefficient (Wildman–Crippen LogP) is 3.62. The fourth-order valence-corrected chi connectivity index (χ4v) is 3.67. The molecule has 9 heteroatoms. The van der Waals surface area contributed by atoms with Crippen molar-refractivity contribution in [1.29, 1.82) is 0 Å². The lowest BCUT2D eigenvalue weighted by Gasteiger charge is -2.36. The van der Waals surface area contributed by atoms with Gasteiger partial charge >= 0.3 is 6.18 Å². The number of rotatable bonds is 6. The first-order chi connectivity index (χ1) is 15.2. The molecule has 2 heterocycles. The minimum Gasteiger partial charge on any atom is -0.372 e. The van der Waals surface area contributed by atoms with Gasteiger partial charge in [-0.25, -0.2) is 4.98 Å². The van der Waals surface area contributed by atoms with E-state index in [1.165, 1.54) is 12.1 Å². The van der Waals surface area contributed by atoms with Crippen molar-refractivity contribution in [3.8, 4) is 0 Å². The molecule has 0 radical (unpaired) electrons. The number of alkyl halides is 3. The maximum atomic E-state index is 12.6. The van der Waals surface area contributed by atoms with E-state index < -0.39 is 11.7 Å². The number of halogens is 3. The largest absolute Gasteiger partial charge is 0.416 e. The van der Waals surface area contributed by atoms with Crippen molar-refractivity contribution in [1.82, 2.24) is 15.6 Å². The maximum absolute atomic E-state index is 12.6. The van der Waals surface area contributed by atoms with Crippen LogP contribution in [0.2, 0.25) is 0 Å². The Morgan fingerprint density at radius 1 is 1.06 bits per heavy atom. The molecular weight excluding hydrogens is 419 g/mol. The van der Waals surface area contributed by atoms with Crippen LogP contribution in [0.4, 0.5) is 19.0 Å². The number of hydrogen-bond acceptors (Lipinski definition) is 4. The topological polar surface area (TPSA) is 61.8 Å². The van der Waals surface area contributed by atoms with Crippen LogP contribution in [0.5, 0.6) is 0 Å². The quantitative estimate of drug-likeness (QED) is 0.521. The molecule has 6 nitrogen and oxygen atoms in total. The van der Waals surface area contributed by atoms with Gasteiger partial charge in [0, 0.05) is 39.4 Å². The minimum absolute atomic E-state index is 0.180. The standard InChI is InChI=1S/C23H30F3N5O/c1-16-14-31(15-17(2)32-16)21-9-6-19(12-29-21)13-30-22(27-3)28-11-10-18-4-7-20(8-5-18)23(24,25)26/h4-9,12,16-17H,10-11,13-15H2,1-3H3,(H2,27,28,30). The third kappa shape index (κ3) is 6.85. The van der Waals surface area contributed by atoms with E-state index in [1.54, 1.807) is 7.05 Å². The second-order valence-electron chi connectivity index (χ2n) is 7.98. The Kier molecular flexibility index (Phi) is 7.95. The molecule has 174 valence electrons. The molecule has 1 aromatic heterocycles. The Morgan fingerprint density at radius 2 is 1.72 bits per heavy atom. The zero-order valence-electron chi connectivity index (χ0n) is 18.6. The fraction of sp³-hybridized carbons (Fsp3) is 0.478. The molecule has 0 bridgehead atoms. The average Bonchev–Trinajstić information content (AvgIpc) is 2.75. The first kappa shape index (κ1) is 23.8. The SMILES string of the molecule is CN=C(NCCc1ccc(C(F)(F)F)cc1)NCc1ccc(N2CC(C)OC(C)C2)nc1. The van der Waals surface area contributed by atoms with Gasteiger partial charge in [-0.05, 0) is 49.6 Å². The number of pyridine rings is 1. The van der Waals surface area contributed by atoms with Crippen molar-refractivity contribution >= 4 is 11.8 Å². The third-order valence-electron chi connectivity index (χ3n) is 5.22. The molecule has 0 saturated carbocycles. The highest BCUT2D eigenvalue weighted by Gasteiger charge is 2.29. The summed E-state index contributed by atoms with van der Waals surface area (Å²) < 4.78 is 43.7. The van der Waals surface area contributed by atoms with Gasteiger partial charge in [0.1, 0.15) is 5.82 Å². The molecule has 0 amide bonds. The average molecular weight is 450 g/mol. The molecule has 1 fully saturated rings. The summed E-state index contributed by atoms with van der Waals surface area (Å²) in [6, 6.07) is 9.28. The monoisotopic (exact) mass is 449 g/mol. The summed E-state index contributed by atoms with van der Waals surface area (Å²) in [4.78, 5) is 11.0. The summed E-state index contributed by atoms with van der Waals surface area (Å²) in [6.45, 7) is 6.89. The molecule has 0 spiro atoms. The molecule has 1 saturated heterocycles. The number of morpholine rings is 1. The van der Waals surface area contributed by atoms with Crippen molar-refractivity contribution in [2.45, 2.75) is 45.2 Å². The van der Waals surface area contributed by atoms with Gasteiger partial charge in [0.2, 0.25) is 0 Å². The van der Waals surface area contributed by atoms with Gasteiger partial charge in [0.15, 0.2) is 5.96 Å². The predicted molar refractivity (Wildman–Crippen MR) is 120 cm³/mol. The Bertz CT molecular complexity index is 874. The molecule has 32 heavy (non-hydrogen) atoms. The summed E-state index contributed by atoms with van der Waals surface area (Å²) in [7, 11) is 1.68. The second kappa shape index (κ2) is 10.7. The molecular formula is C23H30F3N5O. The van der Waals surface area contributed by atoms with E-state index in [0.717, 1.165) is 42.2 Å². The molecule has 2 aromatic rings. The lowest BCUT2D eigenvalue weighted by atomic mass is 10.1. The van der Waals surface area contributed by atoms with Crippen LogP contribution in [0.15, 0.2) is 47.6 Å². The number of hydrogen-bond donors (Lipinski definition) is 2. The Balaban J connectivity index is 1.44. The van der Waals surface area contributed by atoms with Gasteiger partial charge in [-0.2, -0.15) is 13.2 Å². The van der Waals surface area contributed by atoms with Crippen molar-refractivity contribution in [3.05, 3.63) is 59.3 Å². The van der Waals surface area contributed by atoms with Crippen LogP contribution in [0.3, 0.4) is 0 Å². The van der Waals surface area contributed by atoms with Gasteiger partial charge in [0.05, 0.1) is 17.8 Å². The van der Waals surface area contributed by atoms with Crippen LogP contribution in [-0.4, -0.2) is 49.8 Å². The van der Waals surface area contributed by atoms with Gasteiger partial charge in [-0.3, -0.25) is 4.99 Å². The number of aliphatic imine (C=N–C) groups is 1. The van der Waals surface area contributed by atoms with Gasteiger partial charge in [-0.1, -0.05) is 18.2 Å². The summed E-state index contributed by atoms with van der Waals surface area (Å²) >= 11 is 0. The maximum Gasteiger partial charge on any atom is 0.416 e. The number of aromatic nitrogens is 1. The summed E-state index contributed by atoms with van der Waals surface area (Å²) in [5.74, 6) is 1.56. The molecule has 1 aliphatic heterocycles. The van der Waals surface area contributed by atoms with Crippen LogP contribution < -0.4 is 15.5 Å². The van der Waals surface area contributed by atoms with E-state index >= 15 is 0 Å². The molecule has 0 aliphatic carbocycles. The lowest BCUT2D eigenvalue weighted by molar-refractivity contribution is -0.137. The van der Waals surface area contributed by atoms with E-state index in [0.29, 0.717) is 25.5 Å². The van der Waals surface area contributed by atoms with E-state index in [-0.39, 0.29) is 12.2 Å². The number of nitrogens with zero attached hydrogens (tertiary/aromatic N) is 3.